The van der Waals surface area contributed by atoms with Crippen molar-refractivity contribution in [2.45, 2.75) is 0 Å². The SMILES string of the molecule is COC(=O)C1=C(Nc2ccc3oc(=O)ccc3c2)C(=O)N(CCO)C1. The van der Waals surface area contributed by atoms with E-state index in [0.717, 1.165) is 0 Å². The zero-order valence-corrected chi connectivity index (χ0v) is 13.4. The Bertz CT molecular complexity index is 930. The fourth-order valence-corrected chi connectivity index (χ4v) is 2.64. The number of hydrogen-bond acceptors (Lipinski definition) is 7. The van der Waals surface area contributed by atoms with Gasteiger partial charge in [0.2, 0.25) is 0 Å². The van der Waals surface area contributed by atoms with Crippen LogP contribution in [0.1, 0.15) is 0 Å². The number of hydrogen-bond donors (Lipinski definition) is 2. The number of aliphatic hydroxyl groups excluding tert-OH is 1. The summed E-state index contributed by atoms with van der Waals surface area (Å²) in [4.78, 5) is 37.0. The molecule has 1 aliphatic rings. The number of esters is 1. The highest BCUT2D eigenvalue weighted by Crippen LogP contribution is 2.24. The Labute approximate surface area is 142 Å². The van der Waals surface area contributed by atoms with Gasteiger partial charge >= 0.3 is 11.6 Å². The molecule has 130 valence electrons. The molecule has 2 aromatic rings. The maximum Gasteiger partial charge on any atom is 0.337 e. The number of anilines is 1. The largest absolute Gasteiger partial charge is 0.466 e. The van der Waals surface area contributed by atoms with Crippen LogP contribution in [0.25, 0.3) is 11.0 Å². The molecule has 8 nitrogen and oxygen atoms in total. The van der Waals surface area contributed by atoms with Crippen LogP contribution in [-0.2, 0) is 14.3 Å². The second-order valence-electron chi connectivity index (χ2n) is 5.43. The number of fused-ring (bicyclic) bond motifs is 1. The van der Waals surface area contributed by atoms with Crippen LogP contribution in [-0.4, -0.2) is 48.7 Å². The summed E-state index contributed by atoms with van der Waals surface area (Å²) in [7, 11) is 1.24. The molecule has 3 rings (SSSR count). The standard InChI is InChI=1S/C17H16N2O6/c1-24-17(23)12-9-19(6-7-20)16(22)15(12)18-11-3-4-13-10(8-11)2-5-14(21)25-13/h2-5,8,18,20H,6-7,9H2,1H3. The Morgan fingerprint density at radius 3 is 2.84 bits per heavy atom. The van der Waals surface area contributed by atoms with Gasteiger partial charge in [0, 0.05) is 23.7 Å². The van der Waals surface area contributed by atoms with E-state index >= 15 is 0 Å². The minimum atomic E-state index is -0.608. The van der Waals surface area contributed by atoms with Gasteiger partial charge < -0.3 is 24.5 Å². The smallest absolute Gasteiger partial charge is 0.337 e. The molecule has 0 atom stereocenters. The van der Waals surface area contributed by atoms with Gasteiger partial charge in [0.1, 0.15) is 11.3 Å². The van der Waals surface area contributed by atoms with Crippen molar-refractivity contribution >= 4 is 28.5 Å². The number of benzene rings is 1. The minimum Gasteiger partial charge on any atom is -0.466 e. The molecule has 0 saturated carbocycles. The van der Waals surface area contributed by atoms with Crippen LogP contribution in [0.4, 0.5) is 5.69 Å². The van der Waals surface area contributed by atoms with Crippen molar-refractivity contribution in [3.8, 4) is 0 Å². The molecule has 1 aromatic carbocycles. The Kier molecular flexibility index (Phi) is 4.53. The molecule has 1 aliphatic heterocycles. The van der Waals surface area contributed by atoms with Crippen LogP contribution in [0.2, 0.25) is 0 Å². The summed E-state index contributed by atoms with van der Waals surface area (Å²) < 4.78 is 9.79. The van der Waals surface area contributed by atoms with Crippen molar-refractivity contribution in [1.29, 1.82) is 0 Å². The fraction of sp³-hybridized carbons (Fsp3) is 0.235. The first-order valence-corrected chi connectivity index (χ1v) is 7.56. The van der Waals surface area contributed by atoms with Gasteiger partial charge in [0.25, 0.3) is 5.91 Å². The Morgan fingerprint density at radius 2 is 2.12 bits per heavy atom. The van der Waals surface area contributed by atoms with Crippen LogP contribution < -0.4 is 10.9 Å². The zero-order valence-electron chi connectivity index (χ0n) is 13.4. The van der Waals surface area contributed by atoms with E-state index in [1.807, 2.05) is 0 Å². The van der Waals surface area contributed by atoms with Gasteiger partial charge in [-0.1, -0.05) is 0 Å². The summed E-state index contributed by atoms with van der Waals surface area (Å²) in [5.74, 6) is -1.00. The molecule has 0 unspecified atom stereocenters. The van der Waals surface area contributed by atoms with Crippen molar-refractivity contribution < 1.29 is 23.8 Å². The summed E-state index contributed by atoms with van der Waals surface area (Å²) in [6.45, 7) is -0.0211. The monoisotopic (exact) mass is 344 g/mol. The lowest BCUT2D eigenvalue weighted by molar-refractivity contribution is -0.136. The van der Waals surface area contributed by atoms with Gasteiger partial charge in [-0.15, -0.1) is 0 Å². The second-order valence-corrected chi connectivity index (χ2v) is 5.43. The van der Waals surface area contributed by atoms with Crippen molar-refractivity contribution in [1.82, 2.24) is 4.90 Å². The molecule has 0 fully saturated rings. The van der Waals surface area contributed by atoms with Crippen LogP contribution >= 0.6 is 0 Å². The van der Waals surface area contributed by atoms with E-state index in [1.54, 1.807) is 24.3 Å². The summed E-state index contributed by atoms with van der Waals surface area (Å²) in [6, 6.07) is 7.84. The molecule has 8 heteroatoms. The first kappa shape index (κ1) is 16.7. The van der Waals surface area contributed by atoms with Crippen molar-refractivity contribution in [2.24, 2.45) is 0 Å². The molecule has 0 bridgehead atoms. The lowest BCUT2D eigenvalue weighted by Gasteiger charge is -2.15. The molecular formula is C17H16N2O6. The molecule has 1 amide bonds. The number of β-amino-alcohol motifs (C(OH)–C–C–N with tert-alkyl or cyclic N) is 1. The highest BCUT2D eigenvalue weighted by Gasteiger charge is 2.34. The first-order valence-electron chi connectivity index (χ1n) is 7.56. The maximum atomic E-state index is 12.5. The number of methoxy groups -OCH3 is 1. The number of rotatable bonds is 5. The average molecular weight is 344 g/mol. The molecule has 25 heavy (non-hydrogen) atoms. The van der Waals surface area contributed by atoms with Gasteiger partial charge in [-0.25, -0.2) is 9.59 Å². The number of nitrogens with zero attached hydrogens (tertiary/aromatic N) is 1. The molecule has 0 aliphatic carbocycles. The quantitative estimate of drug-likeness (QED) is 0.599. The van der Waals surface area contributed by atoms with Gasteiger partial charge in [-0.05, 0) is 24.3 Å². The van der Waals surface area contributed by atoms with Crippen LogP contribution in [0.15, 0.2) is 50.8 Å². The van der Waals surface area contributed by atoms with E-state index in [2.05, 4.69) is 5.32 Å². The van der Waals surface area contributed by atoms with Crippen molar-refractivity contribution in [3.63, 3.8) is 0 Å². The molecule has 2 N–H and O–H groups in total. The molecule has 0 spiro atoms. The normalized spacial score (nSPS) is 14.3. The van der Waals surface area contributed by atoms with E-state index in [1.165, 1.54) is 18.1 Å². The predicted molar refractivity (Wildman–Crippen MR) is 88.8 cm³/mol. The zero-order chi connectivity index (χ0) is 18.0. The number of aliphatic hydroxyl groups is 1. The highest BCUT2D eigenvalue weighted by atomic mass is 16.5. The molecule has 1 aromatic heterocycles. The second kappa shape index (κ2) is 6.78. The number of ether oxygens (including phenoxy) is 1. The van der Waals surface area contributed by atoms with E-state index in [-0.39, 0.29) is 31.0 Å². The summed E-state index contributed by atoms with van der Waals surface area (Å²) >= 11 is 0. The lowest BCUT2D eigenvalue weighted by atomic mass is 10.2. The van der Waals surface area contributed by atoms with Crippen molar-refractivity contribution in [2.75, 3.05) is 32.1 Å². The first-order chi connectivity index (χ1) is 12.0. The minimum absolute atomic E-state index is 0.0663. The topological polar surface area (TPSA) is 109 Å². The molecule has 2 heterocycles. The number of nitrogens with one attached hydrogen (secondary N) is 1. The van der Waals surface area contributed by atoms with E-state index < -0.39 is 17.5 Å². The van der Waals surface area contributed by atoms with Crippen LogP contribution in [0.3, 0.4) is 0 Å². The number of amides is 1. The van der Waals surface area contributed by atoms with Gasteiger partial charge in [0.05, 0.1) is 25.8 Å². The van der Waals surface area contributed by atoms with E-state index in [9.17, 15) is 14.4 Å². The molecule has 0 radical (unpaired) electrons. The fourth-order valence-electron chi connectivity index (χ4n) is 2.64. The average Bonchev–Trinajstić information content (AvgIpc) is 2.91. The molecular weight excluding hydrogens is 328 g/mol. The van der Waals surface area contributed by atoms with Crippen LogP contribution in [0.5, 0.6) is 0 Å². The Morgan fingerprint density at radius 1 is 1.32 bits per heavy atom. The van der Waals surface area contributed by atoms with E-state index in [0.29, 0.717) is 16.7 Å². The number of carbonyl (C=O) groups is 2. The third kappa shape index (κ3) is 3.24. The summed E-state index contributed by atoms with van der Waals surface area (Å²) in [6.07, 6.45) is 0. The third-order valence-corrected chi connectivity index (χ3v) is 3.84. The highest BCUT2D eigenvalue weighted by molar-refractivity contribution is 6.08. The third-order valence-electron chi connectivity index (χ3n) is 3.84. The molecule has 0 saturated heterocycles. The van der Waals surface area contributed by atoms with Crippen molar-refractivity contribution in [3.05, 3.63) is 52.0 Å². The lowest BCUT2D eigenvalue weighted by Crippen LogP contribution is -2.31. The van der Waals surface area contributed by atoms with Gasteiger partial charge in [-0.2, -0.15) is 0 Å². The van der Waals surface area contributed by atoms with Crippen LogP contribution in [0, 0.1) is 0 Å². The Hall–Kier alpha value is -3.13. The summed E-state index contributed by atoms with van der Waals surface area (Å²) in [5, 5.41) is 12.7. The predicted octanol–water partition coefficient (Wildman–Crippen LogP) is 0.466. The van der Waals surface area contributed by atoms with Gasteiger partial charge in [0.15, 0.2) is 0 Å². The maximum absolute atomic E-state index is 12.5. The number of carbonyl (C=O) groups excluding carboxylic acids is 2. The Balaban J connectivity index is 1.95. The summed E-state index contributed by atoms with van der Waals surface area (Å²) in [5.41, 5.74) is 0.823. The van der Waals surface area contributed by atoms with E-state index in [4.69, 9.17) is 14.3 Å². The van der Waals surface area contributed by atoms with Gasteiger partial charge in [-0.3, -0.25) is 4.79 Å².